The summed E-state index contributed by atoms with van der Waals surface area (Å²) in [7, 11) is -1.47. The number of rotatable bonds is 3. The van der Waals surface area contributed by atoms with Crippen molar-refractivity contribution < 1.29 is 13.2 Å². The highest BCUT2D eigenvalue weighted by Crippen LogP contribution is 2.26. The maximum Gasteiger partial charge on any atom is 0.211 e. The number of benzene rings is 1. The molecule has 1 fully saturated rings. The van der Waals surface area contributed by atoms with Gasteiger partial charge in [0.05, 0.1) is 18.9 Å². The van der Waals surface area contributed by atoms with Crippen LogP contribution in [0, 0.1) is 6.92 Å². The van der Waals surface area contributed by atoms with Crippen LogP contribution in [0.2, 0.25) is 0 Å². The summed E-state index contributed by atoms with van der Waals surface area (Å²) in [6.45, 7) is 4.35. The Bertz CT molecular complexity index is 828. The first-order chi connectivity index (χ1) is 10.9. The molecule has 1 aliphatic rings. The number of sulfonamides is 1. The molecule has 0 N–H and O–H groups in total. The van der Waals surface area contributed by atoms with E-state index in [-0.39, 0.29) is 0 Å². The molecule has 1 aromatic heterocycles. The number of fused-ring (bicyclic) bond motifs is 1. The lowest BCUT2D eigenvalue weighted by molar-refractivity contribution is 0.387. The Morgan fingerprint density at radius 1 is 1.13 bits per heavy atom. The Balaban J connectivity index is 1.89. The van der Waals surface area contributed by atoms with Crippen LogP contribution in [0.3, 0.4) is 0 Å². The summed E-state index contributed by atoms with van der Waals surface area (Å²) >= 11 is 0. The molecule has 0 atom stereocenters. The fourth-order valence-electron chi connectivity index (χ4n) is 2.90. The van der Waals surface area contributed by atoms with Crippen LogP contribution >= 0.6 is 0 Å². The van der Waals surface area contributed by atoms with Crippen molar-refractivity contribution in [2.45, 2.75) is 6.92 Å². The van der Waals surface area contributed by atoms with Gasteiger partial charge >= 0.3 is 0 Å². The minimum Gasteiger partial charge on any atom is -0.497 e. The van der Waals surface area contributed by atoms with Gasteiger partial charge in [-0.2, -0.15) is 4.31 Å². The van der Waals surface area contributed by atoms with Crippen molar-refractivity contribution >= 4 is 26.7 Å². The zero-order valence-electron chi connectivity index (χ0n) is 13.6. The maximum absolute atomic E-state index is 11.6. The van der Waals surface area contributed by atoms with Crippen molar-refractivity contribution in [2.75, 3.05) is 44.4 Å². The summed E-state index contributed by atoms with van der Waals surface area (Å²) in [6.07, 6.45) is 1.26. The molecule has 1 aromatic carbocycles. The van der Waals surface area contributed by atoms with Crippen molar-refractivity contribution in [1.82, 2.24) is 9.29 Å². The molecule has 23 heavy (non-hydrogen) atoms. The normalized spacial score (nSPS) is 16.7. The zero-order chi connectivity index (χ0) is 16.6. The zero-order valence-corrected chi connectivity index (χ0v) is 14.4. The number of piperazine rings is 1. The standard InChI is InChI=1S/C16H21N3O3S/c1-12-10-16(17-15-11-13(22-2)4-5-14(12)15)18-6-8-19(9-7-18)23(3,20)21/h4-5,10-11H,6-9H2,1-3H3. The van der Waals surface area contributed by atoms with Gasteiger partial charge in [0.25, 0.3) is 0 Å². The highest BCUT2D eigenvalue weighted by Gasteiger charge is 2.24. The average molecular weight is 335 g/mol. The highest BCUT2D eigenvalue weighted by atomic mass is 32.2. The fraction of sp³-hybridized carbons (Fsp3) is 0.438. The van der Waals surface area contributed by atoms with Gasteiger partial charge in [0.1, 0.15) is 11.6 Å². The van der Waals surface area contributed by atoms with Gasteiger partial charge in [0.15, 0.2) is 0 Å². The molecule has 6 nitrogen and oxygen atoms in total. The topological polar surface area (TPSA) is 62.7 Å². The Labute approximate surface area is 136 Å². The number of hydrogen-bond acceptors (Lipinski definition) is 5. The van der Waals surface area contributed by atoms with E-state index in [4.69, 9.17) is 9.72 Å². The van der Waals surface area contributed by atoms with E-state index in [2.05, 4.69) is 17.9 Å². The lowest BCUT2D eigenvalue weighted by Gasteiger charge is -2.34. The van der Waals surface area contributed by atoms with E-state index in [1.54, 1.807) is 7.11 Å². The Morgan fingerprint density at radius 2 is 1.83 bits per heavy atom. The summed E-state index contributed by atoms with van der Waals surface area (Å²) in [6, 6.07) is 7.94. The lowest BCUT2D eigenvalue weighted by Crippen LogP contribution is -2.48. The number of aromatic nitrogens is 1. The van der Waals surface area contributed by atoms with Crippen LogP contribution in [0.4, 0.5) is 5.82 Å². The maximum atomic E-state index is 11.6. The predicted octanol–water partition coefficient (Wildman–Crippen LogP) is 1.63. The predicted molar refractivity (Wildman–Crippen MR) is 91.7 cm³/mol. The van der Waals surface area contributed by atoms with Gasteiger partial charge in [-0.1, -0.05) is 0 Å². The number of nitrogens with zero attached hydrogens (tertiary/aromatic N) is 3. The van der Waals surface area contributed by atoms with Gasteiger partial charge < -0.3 is 9.64 Å². The van der Waals surface area contributed by atoms with Crippen LogP contribution in [0.5, 0.6) is 5.75 Å². The molecule has 0 amide bonds. The first-order valence-electron chi connectivity index (χ1n) is 7.54. The van der Waals surface area contributed by atoms with Crippen LogP contribution in [-0.2, 0) is 10.0 Å². The van der Waals surface area contributed by atoms with Crippen LogP contribution in [0.1, 0.15) is 5.56 Å². The van der Waals surface area contributed by atoms with E-state index in [9.17, 15) is 8.42 Å². The van der Waals surface area contributed by atoms with E-state index in [0.29, 0.717) is 26.2 Å². The SMILES string of the molecule is COc1ccc2c(C)cc(N3CCN(S(C)(=O)=O)CC3)nc2c1. The van der Waals surface area contributed by atoms with E-state index >= 15 is 0 Å². The largest absolute Gasteiger partial charge is 0.497 e. The summed E-state index contributed by atoms with van der Waals surface area (Å²) in [5.74, 6) is 1.67. The lowest BCUT2D eigenvalue weighted by atomic mass is 10.1. The minimum absolute atomic E-state index is 0.496. The van der Waals surface area contributed by atoms with Crippen molar-refractivity contribution in [2.24, 2.45) is 0 Å². The van der Waals surface area contributed by atoms with E-state index in [0.717, 1.165) is 28.0 Å². The van der Waals surface area contributed by atoms with E-state index < -0.39 is 10.0 Å². The molecule has 0 saturated carbocycles. The molecule has 2 aromatic rings. The monoisotopic (exact) mass is 335 g/mol. The summed E-state index contributed by atoms with van der Waals surface area (Å²) in [5.41, 5.74) is 2.04. The molecule has 2 heterocycles. The average Bonchev–Trinajstić information content (AvgIpc) is 2.53. The van der Waals surface area contributed by atoms with Crippen LogP contribution in [0.15, 0.2) is 24.3 Å². The smallest absolute Gasteiger partial charge is 0.211 e. The molecule has 0 spiro atoms. The molecular formula is C16H21N3O3S. The van der Waals surface area contributed by atoms with Crippen molar-refractivity contribution in [1.29, 1.82) is 0 Å². The van der Waals surface area contributed by atoms with Crippen LogP contribution < -0.4 is 9.64 Å². The van der Waals surface area contributed by atoms with Gasteiger partial charge in [0.2, 0.25) is 10.0 Å². The summed E-state index contributed by atoms with van der Waals surface area (Å²) < 4.78 is 30.0. The van der Waals surface area contributed by atoms with Gasteiger partial charge in [0, 0.05) is 37.6 Å². The molecule has 3 rings (SSSR count). The van der Waals surface area contributed by atoms with Gasteiger partial charge in [-0.15, -0.1) is 0 Å². The fourth-order valence-corrected chi connectivity index (χ4v) is 3.73. The van der Waals surface area contributed by atoms with E-state index in [1.807, 2.05) is 18.2 Å². The second-order valence-electron chi connectivity index (χ2n) is 5.83. The Kier molecular flexibility index (Phi) is 4.16. The molecule has 124 valence electrons. The molecule has 1 saturated heterocycles. The summed E-state index contributed by atoms with van der Waals surface area (Å²) in [4.78, 5) is 6.87. The molecule has 0 radical (unpaired) electrons. The van der Waals surface area contributed by atoms with Gasteiger partial charge in [-0.3, -0.25) is 0 Å². The molecular weight excluding hydrogens is 314 g/mol. The van der Waals surface area contributed by atoms with Crippen molar-refractivity contribution in [3.05, 3.63) is 29.8 Å². The number of aryl methyl sites for hydroxylation is 1. The molecule has 1 aliphatic heterocycles. The number of pyridine rings is 1. The van der Waals surface area contributed by atoms with E-state index in [1.165, 1.54) is 10.6 Å². The van der Waals surface area contributed by atoms with Gasteiger partial charge in [-0.05, 0) is 30.7 Å². The highest BCUT2D eigenvalue weighted by molar-refractivity contribution is 7.88. The molecule has 0 unspecified atom stereocenters. The van der Waals surface area contributed by atoms with Gasteiger partial charge in [-0.25, -0.2) is 13.4 Å². The first-order valence-corrected chi connectivity index (χ1v) is 9.39. The number of hydrogen-bond donors (Lipinski definition) is 0. The molecule has 7 heteroatoms. The molecule has 0 aliphatic carbocycles. The van der Waals surface area contributed by atoms with Crippen LogP contribution in [-0.4, -0.2) is 57.3 Å². The van der Waals surface area contributed by atoms with Crippen molar-refractivity contribution in [3.8, 4) is 5.75 Å². The summed E-state index contributed by atoms with van der Waals surface area (Å²) in [5, 5.41) is 1.10. The third kappa shape index (κ3) is 3.25. The second-order valence-corrected chi connectivity index (χ2v) is 7.81. The Hall–Kier alpha value is -1.86. The third-order valence-electron chi connectivity index (χ3n) is 4.24. The number of anilines is 1. The van der Waals surface area contributed by atoms with Crippen molar-refractivity contribution in [3.63, 3.8) is 0 Å². The minimum atomic E-state index is -3.11. The first kappa shape index (κ1) is 16.0. The second kappa shape index (κ2) is 5.98. The third-order valence-corrected chi connectivity index (χ3v) is 5.55. The number of methoxy groups -OCH3 is 1. The molecule has 0 bridgehead atoms. The number of ether oxygens (including phenoxy) is 1. The quantitative estimate of drug-likeness (QED) is 0.853. The van der Waals surface area contributed by atoms with Crippen LogP contribution in [0.25, 0.3) is 10.9 Å². The Morgan fingerprint density at radius 3 is 2.43 bits per heavy atom.